The molecular formula is C15H19NO4. The summed E-state index contributed by atoms with van der Waals surface area (Å²) in [6.45, 7) is 3.55. The second kappa shape index (κ2) is 5.25. The van der Waals surface area contributed by atoms with Gasteiger partial charge < -0.3 is 9.84 Å². The summed E-state index contributed by atoms with van der Waals surface area (Å²) in [6, 6.07) is 7.31. The average molecular weight is 277 g/mol. The number of esters is 1. The summed E-state index contributed by atoms with van der Waals surface area (Å²) < 4.78 is 4.83. The molecule has 0 saturated carbocycles. The van der Waals surface area contributed by atoms with Crippen molar-refractivity contribution in [2.75, 3.05) is 7.11 Å². The highest BCUT2D eigenvalue weighted by Crippen LogP contribution is 2.39. The first-order valence-corrected chi connectivity index (χ1v) is 6.53. The van der Waals surface area contributed by atoms with Crippen molar-refractivity contribution in [2.45, 2.75) is 31.8 Å². The molecule has 0 radical (unpaired) electrons. The first-order valence-electron chi connectivity index (χ1n) is 6.53. The third-order valence-corrected chi connectivity index (χ3v) is 4.00. The molecule has 5 nitrogen and oxygen atoms in total. The monoisotopic (exact) mass is 277 g/mol. The molecule has 1 heterocycles. The number of hydrogen-bond acceptors (Lipinski definition) is 4. The number of aliphatic carboxylic acids is 1. The van der Waals surface area contributed by atoms with Crippen LogP contribution in [0.5, 0.6) is 0 Å². The number of ether oxygens (including phenoxy) is 1. The van der Waals surface area contributed by atoms with Gasteiger partial charge in [0.2, 0.25) is 0 Å². The first-order chi connectivity index (χ1) is 9.39. The van der Waals surface area contributed by atoms with Crippen LogP contribution in [0.25, 0.3) is 0 Å². The van der Waals surface area contributed by atoms with Crippen molar-refractivity contribution >= 4 is 11.9 Å². The van der Waals surface area contributed by atoms with Gasteiger partial charge in [0.05, 0.1) is 13.0 Å². The van der Waals surface area contributed by atoms with Gasteiger partial charge >= 0.3 is 11.9 Å². The minimum Gasteiger partial charge on any atom is -0.480 e. The molecule has 1 aromatic rings. The molecular weight excluding hydrogens is 258 g/mol. The van der Waals surface area contributed by atoms with Gasteiger partial charge in [0.25, 0.3) is 0 Å². The predicted octanol–water partition coefficient (Wildman–Crippen LogP) is 1.66. The maximum Gasteiger partial charge on any atom is 0.323 e. The molecule has 0 amide bonds. The van der Waals surface area contributed by atoms with Gasteiger partial charge in [0.1, 0.15) is 5.54 Å². The van der Waals surface area contributed by atoms with Crippen LogP contribution in [-0.4, -0.2) is 29.7 Å². The van der Waals surface area contributed by atoms with Gasteiger partial charge in [-0.05, 0) is 31.4 Å². The summed E-state index contributed by atoms with van der Waals surface area (Å²) in [5, 5.41) is 12.5. The van der Waals surface area contributed by atoms with E-state index in [1.54, 1.807) is 6.92 Å². The molecule has 3 unspecified atom stereocenters. The second-order valence-electron chi connectivity index (χ2n) is 5.45. The van der Waals surface area contributed by atoms with E-state index < -0.39 is 17.4 Å². The number of methoxy groups -OCH3 is 1. The van der Waals surface area contributed by atoms with Crippen molar-refractivity contribution in [1.29, 1.82) is 0 Å². The Morgan fingerprint density at radius 3 is 2.60 bits per heavy atom. The largest absolute Gasteiger partial charge is 0.480 e. The van der Waals surface area contributed by atoms with Gasteiger partial charge in [0, 0.05) is 6.04 Å². The average Bonchev–Trinajstić information content (AvgIpc) is 2.78. The van der Waals surface area contributed by atoms with Gasteiger partial charge in [-0.1, -0.05) is 24.3 Å². The number of nitrogens with one attached hydrogen (secondary N) is 1. The topological polar surface area (TPSA) is 75.6 Å². The number of rotatable bonds is 3. The van der Waals surface area contributed by atoms with Crippen molar-refractivity contribution in [2.24, 2.45) is 5.92 Å². The number of carbonyl (C=O) groups excluding carboxylic acids is 1. The Morgan fingerprint density at radius 1 is 1.40 bits per heavy atom. The van der Waals surface area contributed by atoms with Crippen LogP contribution in [0.1, 0.15) is 30.5 Å². The van der Waals surface area contributed by atoms with Crippen molar-refractivity contribution in [1.82, 2.24) is 5.32 Å². The quantitative estimate of drug-likeness (QED) is 0.822. The zero-order valence-electron chi connectivity index (χ0n) is 11.8. The minimum absolute atomic E-state index is 0.216. The predicted molar refractivity (Wildman–Crippen MR) is 73.2 cm³/mol. The highest BCUT2D eigenvalue weighted by Gasteiger charge is 2.50. The van der Waals surface area contributed by atoms with Crippen LogP contribution in [0.15, 0.2) is 24.3 Å². The maximum absolute atomic E-state index is 12.0. The van der Waals surface area contributed by atoms with E-state index >= 15 is 0 Å². The van der Waals surface area contributed by atoms with Crippen LogP contribution < -0.4 is 5.32 Å². The normalized spacial score (nSPS) is 29.1. The number of carbonyl (C=O) groups is 2. The number of carboxylic acids is 1. The van der Waals surface area contributed by atoms with Crippen LogP contribution in [0.4, 0.5) is 0 Å². The van der Waals surface area contributed by atoms with Crippen LogP contribution in [0.3, 0.4) is 0 Å². The van der Waals surface area contributed by atoms with Crippen molar-refractivity contribution in [3.63, 3.8) is 0 Å². The minimum atomic E-state index is -1.12. The van der Waals surface area contributed by atoms with Crippen LogP contribution in [0.2, 0.25) is 0 Å². The zero-order valence-corrected chi connectivity index (χ0v) is 11.8. The molecule has 1 fully saturated rings. The van der Waals surface area contributed by atoms with E-state index in [0.29, 0.717) is 0 Å². The van der Waals surface area contributed by atoms with Crippen molar-refractivity contribution in [3.8, 4) is 0 Å². The zero-order chi connectivity index (χ0) is 14.9. The number of carboxylic acid groups (broad SMARTS) is 1. The van der Waals surface area contributed by atoms with Crippen molar-refractivity contribution < 1.29 is 19.4 Å². The lowest BCUT2D eigenvalue weighted by atomic mass is 9.89. The fraction of sp³-hybridized carbons (Fsp3) is 0.467. The van der Waals surface area contributed by atoms with Crippen LogP contribution in [0, 0.1) is 12.8 Å². The van der Waals surface area contributed by atoms with Gasteiger partial charge in [-0.15, -0.1) is 0 Å². The SMILES string of the molecule is COC(=O)C1CC(C)(C(=O)O)NC1c1ccccc1C. The highest BCUT2D eigenvalue weighted by molar-refractivity contribution is 5.82. The van der Waals surface area contributed by atoms with Crippen LogP contribution >= 0.6 is 0 Å². The van der Waals surface area contributed by atoms with E-state index in [0.717, 1.165) is 11.1 Å². The molecule has 0 bridgehead atoms. The Labute approximate surface area is 117 Å². The maximum atomic E-state index is 12.0. The summed E-state index contributed by atoms with van der Waals surface area (Å²) in [4.78, 5) is 23.4. The molecule has 1 saturated heterocycles. The molecule has 0 aliphatic carbocycles. The molecule has 2 N–H and O–H groups in total. The summed E-state index contributed by atoms with van der Waals surface area (Å²) >= 11 is 0. The Morgan fingerprint density at radius 2 is 2.05 bits per heavy atom. The third-order valence-electron chi connectivity index (χ3n) is 4.00. The van der Waals surface area contributed by atoms with Gasteiger partial charge in [0.15, 0.2) is 0 Å². The van der Waals surface area contributed by atoms with E-state index in [1.807, 2.05) is 31.2 Å². The van der Waals surface area contributed by atoms with Crippen molar-refractivity contribution in [3.05, 3.63) is 35.4 Å². The lowest BCUT2D eigenvalue weighted by molar-refractivity contribution is -0.146. The summed E-state index contributed by atoms with van der Waals surface area (Å²) in [6.07, 6.45) is 0.216. The molecule has 0 spiro atoms. The summed E-state index contributed by atoms with van der Waals surface area (Å²) in [5.74, 6) is -1.83. The van der Waals surface area contributed by atoms with E-state index in [-0.39, 0.29) is 18.4 Å². The summed E-state index contributed by atoms with van der Waals surface area (Å²) in [7, 11) is 1.33. The van der Waals surface area contributed by atoms with E-state index in [1.165, 1.54) is 7.11 Å². The van der Waals surface area contributed by atoms with Gasteiger partial charge in [-0.2, -0.15) is 0 Å². The molecule has 1 aliphatic rings. The van der Waals surface area contributed by atoms with E-state index in [9.17, 15) is 14.7 Å². The Hall–Kier alpha value is -1.88. The lowest BCUT2D eigenvalue weighted by Gasteiger charge is -2.22. The first kappa shape index (κ1) is 14.5. The molecule has 1 aromatic carbocycles. The Balaban J connectivity index is 2.41. The molecule has 0 aromatic heterocycles. The molecule has 20 heavy (non-hydrogen) atoms. The van der Waals surface area contributed by atoms with Gasteiger partial charge in [-0.3, -0.25) is 14.9 Å². The molecule has 108 valence electrons. The number of aryl methyl sites for hydroxylation is 1. The smallest absolute Gasteiger partial charge is 0.323 e. The highest BCUT2D eigenvalue weighted by atomic mass is 16.5. The summed E-state index contributed by atoms with van der Waals surface area (Å²) in [5.41, 5.74) is 0.840. The Kier molecular flexibility index (Phi) is 3.81. The number of hydrogen-bond donors (Lipinski definition) is 2. The van der Waals surface area contributed by atoms with Gasteiger partial charge in [-0.25, -0.2) is 0 Å². The molecule has 3 atom stereocenters. The molecule has 2 rings (SSSR count). The number of benzene rings is 1. The molecule has 1 aliphatic heterocycles. The fourth-order valence-corrected chi connectivity index (χ4v) is 2.81. The molecule has 5 heteroatoms. The van der Waals surface area contributed by atoms with E-state index in [4.69, 9.17) is 4.74 Å². The second-order valence-corrected chi connectivity index (χ2v) is 5.45. The Bertz CT molecular complexity index is 542. The standard InChI is InChI=1S/C15H19NO4/c1-9-6-4-5-7-10(9)12-11(13(17)20-3)8-15(2,16-12)14(18)19/h4-7,11-12,16H,8H2,1-3H3,(H,18,19). The lowest BCUT2D eigenvalue weighted by Crippen LogP contribution is -2.45. The fourth-order valence-electron chi connectivity index (χ4n) is 2.81. The van der Waals surface area contributed by atoms with Crippen LogP contribution in [-0.2, 0) is 14.3 Å². The third kappa shape index (κ3) is 2.41. The van der Waals surface area contributed by atoms with E-state index in [2.05, 4.69) is 5.32 Å².